The van der Waals surface area contributed by atoms with E-state index >= 15 is 0 Å². The minimum absolute atomic E-state index is 0.543. The van der Waals surface area contributed by atoms with E-state index in [9.17, 15) is 0 Å². The van der Waals surface area contributed by atoms with E-state index in [1.807, 2.05) is 10.9 Å². The monoisotopic (exact) mass is 257 g/mol. The van der Waals surface area contributed by atoms with Crippen molar-refractivity contribution in [3.8, 4) is 5.69 Å². The molecule has 0 saturated carbocycles. The summed E-state index contributed by atoms with van der Waals surface area (Å²) in [4.78, 5) is 0. The van der Waals surface area contributed by atoms with Crippen LogP contribution in [0.3, 0.4) is 0 Å². The molecule has 19 heavy (non-hydrogen) atoms. The molecule has 0 bridgehead atoms. The lowest BCUT2D eigenvalue weighted by Crippen LogP contribution is -2.24. The van der Waals surface area contributed by atoms with Crippen molar-refractivity contribution in [3.63, 3.8) is 0 Å². The number of hydrogen-bond acceptors (Lipinski definition) is 2. The third-order valence-corrected chi connectivity index (χ3v) is 3.61. The molecule has 2 aromatic rings. The van der Waals surface area contributed by atoms with E-state index in [2.05, 4.69) is 62.4 Å². The number of nitrogens with zero attached hydrogens (tertiary/aromatic N) is 2. The molecule has 3 heteroatoms. The van der Waals surface area contributed by atoms with Gasteiger partial charge in [-0.2, -0.15) is 5.10 Å². The lowest BCUT2D eigenvalue weighted by Gasteiger charge is -2.11. The topological polar surface area (TPSA) is 29.9 Å². The van der Waals surface area contributed by atoms with Crippen LogP contribution in [0.4, 0.5) is 0 Å². The lowest BCUT2D eigenvalue weighted by atomic mass is 10.2. The zero-order valence-corrected chi connectivity index (χ0v) is 12.3. The smallest absolute Gasteiger partial charge is 0.0651 e. The van der Waals surface area contributed by atoms with E-state index in [4.69, 9.17) is 0 Å². The molecule has 3 nitrogen and oxygen atoms in total. The van der Waals surface area contributed by atoms with Gasteiger partial charge in [0.2, 0.25) is 0 Å². The van der Waals surface area contributed by atoms with Crippen molar-refractivity contribution in [1.82, 2.24) is 15.1 Å². The minimum atomic E-state index is 0.543. The standard InChI is InChI=1S/C16H23N3/c1-5-13(3)17-10-15-11-18-19(14(15)4)16-8-6-7-12(2)9-16/h6-9,11,13,17H,5,10H2,1-4H3. The van der Waals surface area contributed by atoms with Crippen LogP contribution in [0.1, 0.15) is 37.1 Å². The predicted octanol–water partition coefficient (Wildman–Crippen LogP) is 3.38. The van der Waals surface area contributed by atoms with Crippen molar-refractivity contribution in [1.29, 1.82) is 0 Å². The Morgan fingerprint density at radius 3 is 2.79 bits per heavy atom. The maximum absolute atomic E-state index is 4.51. The zero-order valence-electron chi connectivity index (χ0n) is 12.3. The van der Waals surface area contributed by atoms with Crippen molar-refractivity contribution in [2.24, 2.45) is 0 Å². The molecule has 1 unspecified atom stereocenters. The Kier molecular flexibility index (Phi) is 4.38. The highest BCUT2D eigenvalue weighted by Crippen LogP contribution is 2.15. The SMILES string of the molecule is CCC(C)NCc1cnn(-c2cccc(C)c2)c1C. The average Bonchev–Trinajstić information content (AvgIpc) is 2.77. The van der Waals surface area contributed by atoms with Crippen LogP contribution in [-0.2, 0) is 6.54 Å². The molecule has 0 saturated heterocycles. The zero-order chi connectivity index (χ0) is 13.8. The molecule has 2 rings (SSSR count). The summed E-state index contributed by atoms with van der Waals surface area (Å²) in [6.07, 6.45) is 3.11. The summed E-state index contributed by atoms with van der Waals surface area (Å²) in [7, 11) is 0. The molecule has 0 aliphatic rings. The van der Waals surface area contributed by atoms with Crippen LogP contribution in [0.2, 0.25) is 0 Å². The Morgan fingerprint density at radius 1 is 1.32 bits per heavy atom. The minimum Gasteiger partial charge on any atom is -0.310 e. The first-order valence-electron chi connectivity index (χ1n) is 6.95. The summed E-state index contributed by atoms with van der Waals surface area (Å²) in [6, 6.07) is 8.98. The predicted molar refractivity (Wildman–Crippen MR) is 79.6 cm³/mol. The number of nitrogens with one attached hydrogen (secondary N) is 1. The molecule has 1 aromatic heterocycles. The Bertz CT molecular complexity index is 543. The molecule has 0 aliphatic carbocycles. The molecule has 102 valence electrons. The summed E-state index contributed by atoms with van der Waals surface area (Å²) >= 11 is 0. The number of aryl methyl sites for hydroxylation is 1. The summed E-state index contributed by atoms with van der Waals surface area (Å²) in [6.45, 7) is 9.52. The van der Waals surface area contributed by atoms with Crippen LogP contribution < -0.4 is 5.32 Å². The fourth-order valence-corrected chi connectivity index (χ4v) is 2.07. The van der Waals surface area contributed by atoms with Gasteiger partial charge in [0.1, 0.15) is 0 Å². The molecule has 0 amide bonds. The van der Waals surface area contributed by atoms with Gasteiger partial charge in [-0.15, -0.1) is 0 Å². The summed E-state index contributed by atoms with van der Waals surface area (Å²) in [5.74, 6) is 0. The normalized spacial score (nSPS) is 12.6. The Balaban J connectivity index is 2.18. The first kappa shape index (κ1) is 13.8. The maximum atomic E-state index is 4.51. The van der Waals surface area contributed by atoms with Crippen LogP contribution in [0.25, 0.3) is 5.69 Å². The first-order valence-corrected chi connectivity index (χ1v) is 6.95. The second-order valence-corrected chi connectivity index (χ2v) is 5.20. The molecule has 1 heterocycles. The third kappa shape index (κ3) is 3.24. The fraction of sp³-hybridized carbons (Fsp3) is 0.438. The molecule has 1 N–H and O–H groups in total. The Hall–Kier alpha value is -1.61. The summed E-state index contributed by atoms with van der Waals surface area (Å²) in [5, 5.41) is 8.02. The maximum Gasteiger partial charge on any atom is 0.0651 e. The Morgan fingerprint density at radius 2 is 2.11 bits per heavy atom. The van der Waals surface area contributed by atoms with Gasteiger partial charge in [0.15, 0.2) is 0 Å². The van der Waals surface area contributed by atoms with Gasteiger partial charge < -0.3 is 5.32 Å². The van der Waals surface area contributed by atoms with Crippen molar-refractivity contribution in [3.05, 3.63) is 47.3 Å². The molecule has 0 spiro atoms. The van der Waals surface area contributed by atoms with Crippen LogP contribution in [0.15, 0.2) is 30.5 Å². The van der Waals surface area contributed by atoms with Crippen molar-refractivity contribution in [2.75, 3.05) is 0 Å². The van der Waals surface area contributed by atoms with Crippen molar-refractivity contribution < 1.29 is 0 Å². The van der Waals surface area contributed by atoms with E-state index in [1.165, 1.54) is 16.8 Å². The lowest BCUT2D eigenvalue weighted by molar-refractivity contribution is 0.533. The van der Waals surface area contributed by atoms with Crippen molar-refractivity contribution in [2.45, 2.75) is 46.7 Å². The van der Waals surface area contributed by atoms with Gasteiger partial charge in [0.05, 0.1) is 11.9 Å². The van der Waals surface area contributed by atoms with Crippen LogP contribution in [-0.4, -0.2) is 15.8 Å². The quantitative estimate of drug-likeness (QED) is 0.890. The molecule has 0 radical (unpaired) electrons. The highest BCUT2D eigenvalue weighted by Gasteiger charge is 2.08. The van der Waals surface area contributed by atoms with E-state index in [0.717, 1.165) is 18.7 Å². The highest BCUT2D eigenvalue weighted by atomic mass is 15.3. The van der Waals surface area contributed by atoms with Crippen LogP contribution in [0.5, 0.6) is 0 Å². The van der Waals surface area contributed by atoms with E-state index in [0.29, 0.717) is 6.04 Å². The summed E-state index contributed by atoms with van der Waals surface area (Å²) < 4.78 is 2.01. The van der Waals surface area contributed by atoms with Gasteiger partial charge in [-0.1, -0.05) is 19.1 Å². The largest absolute Gasteiger partial charge is 0.310 e. The number of benzene rings is 1. The second-order valence-electron chi connectivity index (χ2n) is 5.20. The number of hydrogen-bond donors (Lipinski definition) is 1. The molecular formula is C16H23N3. The van der Waals surface area contributed by atoms with Gasteiger partial charge >= 0.3 is 0 Å². The van der Waals surface area contributed by atoms with Gasteiger partial charge in [-0.3, -0.25) is 0 Å². The average molecular weight is 257 g/mol. The summed E-state index contributed by atoms with van der Waals surface area (Å²) in [5.41, 5.74) is 4.86. The van der Waals surface area contributed by atoms with E-state index < -0.39 is 0 Å². The van der Waals surface area contributed by atoms with Crippen LogP contribution >= 0.6 is 0 Å². The van der Waals surface area contributed by atoms with Gasteiger partial charge in [-0.05, 0) is 44.9 Å². The number of aromatic nitrogens is 2. The molecule has 1 aromatic carbocycles. The first-order chi connectivity index (χ1) is 9.11. The second kappa shape index (κ2) is 6.02. The molecule has 0 fully saturated rings. The van der Waals surface area contributed by atoms with E-state index in [1.54, 1.807) is 0 Å². The third-order valence-electron chi connectivity index (χ3n) is 3.61. The van der Waals surface area contributed by atoms with Crippen molar-refractivity contribution >= 4 is 0 Å². The number of rotatable bonds is 5. The van der Waals surface area contributed by atoms with Crippen LogP contribution in [0, 0.1) is 13.8 Å². The molecular weight excluding hydrogens is 234 g/mol. The fourth-order valence-electron chi connectivity index (χ4n) is 2.07. The van der Waals surface area contributed by atoms with Gasteiger partial charge in [-0.25, -0.2) is 4.68 Å². The van der Waals surface area contributed by atoms with Gasteiger partial charge in [0.25, 0.3) is 0 Å². The highest BCUT2D eigenvalue weighted by molar-refractivity contribution is 5.37. The molecule has 0 aliphatic heterocycles. The van der Waals surface area contributed by atoms with E-state index in [-0.39, 0.29) is 0 Å². The van der Waals surface area contributed by atoms with Gasteiger partial charge in [0, 0.05) is 23.8 Å². The molecule has 1 atom stereocenters. The Labute approximate surface area is 115 Å².